The maximum atomic E-state index is 17.1. The van der Waals surface area contributed by atoms with Gasteiger partial charge in [-0.2, -0.15) is 0 Å². The van der Waals surface area contributed by atoms with Gasteiger partial charge in [0.05, 0.1) is 19.3 Å². The first kappa shape index (κ1) is 24.5. The van der Waals surface area contributed by atoms with Crippen molar-refractivity contribution in [2.24, 2.45) is 28.6 Å². The lowest BCUT2D eigenvalue weighted by Gasteiger charge is -2.62. The third-order valence-corrected chi connectivity index (χ3v) is 11.0. The molecule has 0 bridgehead atoms. The molecule has 4 fully saturated rings. The van der Waals surface area contributed by atoms with E-state index >= 15 is 4.39 Å². The maximum Gasteiger partial charge on any atom is 0.475 e. The largest absolute Gasteiger partial charge is 0.475 e. The number of fused-ring (bicyclic) bond motifs is 5. The first-order valence-electron chi connectivity index (χ1n) is 11.9. The van der Waals surface area contributed by atoms with Crippen molar-refractivity contribution >= 4 is 19.4 Å². The van der Waals surface area contributed by atoms with Crippen LogP contribution in [0.4, 0.5) is 4.39 Å². The molecule has 3 saturated carbocycles. The monoisotopic (exact) mass is 498 g/mol. The van der Waals surface area contributed by atoms with Crippen molar-refractivity contribution in [3.05, 3.63) is 23.8 Å². The number of alkyl halides is 1. The highest BCUT2D eigenvalue weighted by Crippen LogP contribution is 2.70. The summed E-state index contributed by atoms with van der Waals surface area (Å²) in [7, 11) is -3.83. The highest BCUT2D eigenvalue weighted by atomic mass is 31.2. The Morgan fingerprint density at radius 2 is 1.97 bits per heavy atom. The maximum absolute atomic E-state index is 17.1. The highest BCUT2D eigenvalue weighted by Gasteiger charge is 2.75. The predicted octanol–water partition coefficient (Wildman–Crippen LogP) is 3.07. The third-order valence-electron chi connectivity index (χ3n) is 9.58. The van der Waals surface area contributed by atoms with Gasteiger partial charge in [0.15, 0.2) is 17.2 Å². The van der Waals surface area contributed by atoms with Gasteiger partial charge < -0.3 is 10.2 Å². The topological polar surface area (TPSA) is 119 Å². The normalized spacial score (nSPS) is 49.2. The molecule has 1 heterocycles. The Morgan fingerprint density at radius 3 is 2.65 bits per heavy atom. The number of phosphoric ester groups is 1. The quantitative estimate of drug-likeness (QED) is 0.568. The fourth-order valence-electron chi connectivity index (χ4n) is 7.80. The van der Waals surface area contributed by atoms with E-state index in [1.165, 1.54) is 12.2 Å². The number of hydrogen-bond acceptors (Lipinski definition) is 8. The molecule has 1 aliphatic heterocycles. The Labute approximate surface area is 198 Å². The average molecular weight is 498 g/mol. The predicted molar refractivity (Wildman–Crippen MR) is 118 cm³/mol. The van der Waals surface area contributed by atoms with Crippen molar-refractivity contribution in [3.8, 4) is 0 Å². The summed E-state index contributed by atoms with van der Waals surface area (Å²) in [6, 6.07) is 0. The molecule has 0 aromatic carbocycles. The molecule has 34 heavy (non-hydrogen) atoms. The Balaban J connectivity index is 1.48. The molecule has 0 aromatic heterocycles. The lowest BCUT2D eigenvalue weighted by molar-refractivity contribution is -0.219. The average Bonchev–Trinajstić information content (AvgIpc) is 3.30. The van der Waals surface area contributed by atoms with Crippen molar-refractivity contribution in [1.29, 1.82) is 0 Å². The molecule has 2 N–H and O–H groups in total. The van der Waals surface area contributed by atoms with E-state index in [0.717, 1.165) is 0 Å². The number of aliphatic hydroxyl groups excluding tert-OH is 1. The molecule has 0 amide bonds. The van der Waals surface area contributed by atoms with Crippen LogP contribution in [0.15, 0.2) is 23.8 Å². The van der Waals surface area contributed by atoms with E-state index in [4.69, 9.17) is 13.6 Å². The second-order valence-electron chi connectivity index (χ2n) is 11.0. The molecular formula is C24H32FO8P. The molecule has 8 atom stereocenters. The number of carbonyl (C=O) groups excluding carboxylic acids is 2. The minimum absolute atomic E-state index is 0.0909. The number of phosphoric acid groups is 1. The first-order chi connectivity index (χ1) is 15.8. The van der Waals surface area contributed by atoms with Crippen LogP contribution >= 0.6 is 7.82 Å². The number of hydrogen-bond donors (Lipinski definition) is 2. The van der Waals surface area contributed by atoms with E-state index in [9.17, 15) is 24.4 Å². The second-order valence-corrected chi connectivity index (χ2v) is 12.6. The number of Topliss-reactive ketones (excluding diaryl/α,β-unsaturated/α-hetero) is 1. The summed E-state index contributed by atoms with van der Waals surface area (Å²) < 4.78 is 44.6. The van der Waals surface area contributed by atoms with Crippen LogP contribution in [0.1, 0.15) is 46.5 Å². The first-order valence-corrected chi connectivity index (χ1v) is 13.4. The zero-order chi connectivity index (χ0) is 24.7. The van der Waals surface area contributed by atoms with Crippen molar-refractivity contribution in [2.45, 2.75) is 63.8 Å². The Hall–Kier alpha value is -1.22. The zero-order valence-electron chi connectivity index (χ0n) is 19.7. The minimum Gasteiger partial charge on any atom is -0.390 e. The van der Waals surface area contributed by atoms with Crippen LogP contribution in [0.2, 0.25) is 0 Å². The highest BCUT2D eigenvalue weighted by molar-refractivity contribution is 7.48. The van der Waals surface area contributed by atoms with E-state index < -0.39 is 60.3 Å². The molecule has 0 aromatic rings. The summed E-state index contributed by atoms with van der Waals surface area (Å²) in [5.41, 5.74) is -5.54. The summed E-state index contributed by atoms with van der Waals surface area (Å²) in [5.74, 6) is -2.40. The summed E-state index contributed by atoms with van der Waals surface area (Å²) in [5, 5.41) is 23.2. The Bertz CT molecular complexity index is 1030. The van der Waals surface area contributed by atoms with E-state index in [1.54, 1.807) is 26.8 Å². The number of allylic oxidation sites excluding steroid dienone is 4. The molecule has 8 nitrogen and oxygen atoms in total. The van der Waals surface area contributed by atoms with Crippen molar-refractivity contribution in [2.75, 3.05) is 19.8 Å². The molecule has 4 aliphatic carbocycles. The molecule has 5 rings (SSSR count). The van der Waals surface area contributed by atoms with Gasteiger partial charge in [0.2, 0.25) is 0 Å². The van der Waals surface area contributed by atoms with Gasteiger partial charge in [0, 0.05) is 16.7 Å². The minimum atomic E-state index is -3.83. The van der Waals surface area contributed by atoms with Crippen LogP contribution < -0.4 is 0 Å². The number of ketones is 2. The van der Waals surface area contributed by atoms with Gasteiger partial charge >= 0.3 is 7.82 Å². The Kier molecular flexibility index (Phi) is 5.50. The number of aliphatic hydroxyl groups is 2. The Morgan fingerprint density at radius 1 is 1.29 bits per heavy atom. The van der Waals surface area contributed by atoms with Crippen LogP contribution in [0.25, 0.3) is 0 Å². The molecule has 10 heteroatoms. The van der Waals surface area contributed by atoms with Crippen LogP contribution in [0.5, 0.6) is 0 Å². The molecular weight excluding hydrogens is 466 g/mol. The fraction of sp³-hybridized carbons (Fsp3) is 0.750. The van der Waals surface area contributed by atoms with Crippen molar-refractivity contribution < 1.29 is 42.3 Å². The molecule has 0 radical (unpaired) electrons. The van der Waals surface area contributed by atoms with Gasteiger partial charge in [0.25, 0.3) is 0 Å². The van der Waals surface area contributed by atoms with Crippen LogP contribution in [0, 0.1) is 28.6 Å². The lowest BCUT2D eigenvalue weighted by atomic mass is 9.44. The van der Waals surface area contributed by atoms with E-state index in [0.29, 0.717) is 24.8 Å². The summed E-state index contributed by atoms with van der Waals surface area (Å²) >= 11 is 0. The summed E-state index contributed by atoms with van der Waals surface area (Å²) in [6.45, 7) is 4.72. The van der Waals surface area contributed by atoms with Crippen LogP contribution in [-0.2, 0) is 27.7 Å². The number of halogens is 1. The third kappa shape index (κ3) is 2.98. The van der Waals surface area contributed by atoms with Gasteiger partial charge in [-0.05, 0) is 56.6 Å². The molecule has 0 unspecified atom stereocenters. The lowest BCUT2D eigenvalue weighted by Crippen LogP contribution is -2.69. The van der Waals surface area contributed by atoms with Gasteiger partial charge in [-0.25, -0.2) is 8.96 Å². The van der Waals surface area contributed by atoms with Gasteiger partial charge in [-0.1, -0.05) is 25.5 Å². The van der Waals surface area contributed by atoms with Crippen LogP contribution in [0.3, 0.4) is 0 Å². The second kappa shape index (κ2) is 7.64. The molecule has 1 saturated heterocycles. The van der Waals surface area contributed by atoms with Gasteiger partial charge in [0.1, 0.15) is 12.2 Å². The van der Waals surface area contributed by atoms with E-state index in [2.05, 4.69) is 0 Å². The van der Waals surface area contributed by atoms with E-state index in [1.807, 2.05) is 0 Å². The van der Waals surface area contributed by atoms with Crippen molar-refractivity contribution in [1.82, 2.24) is 0 Å². The summed E-state index contributed by atoms with van der Waals surface area (Å²) in [4.78, 5) is 25.3. The van der Waals surface area contributed by atoms with E-state index in [-0.39, 0.29) is 31.3 Å². The zero-order valence-corrected chi connectivity index (χ0v) is 20.6. The fourth-order valence-corrected chi connectivity index (χ4v) is 8.89. The van der Waals surface area contributed by atoms with Crippen molar-refractivity contribution in [3.63, 3.8) is 0 Å². The van der Waals surface area contributed by atoms with Crippen LogP contribution in [-0.4, -0.2) is 59.0 Å². The number of carbonyl (C=O) groups is 2. The number of rotatable bonds is 4. The molecule has 5 aliphatic rings. The van der Waals surface area contributed by atoms with Gasteiger partial charge in [-0.15, -0.1) is 0 Å². The smallest absolute Gasteiger partial charge is 0.390 e. The molecule has 0 spiro atoms. The SMILES string of the molecule is C[C@@H]1C[C@H]2[C@@H]3CCC4=CC(=O)C=C[C@]4(C)[C@@]3(F)[C@@H](O)C[C@]2(C)[C@@]1(O)C(=O)COP1(=O)OCCO1. The standard InChI is InChI=1S/C24H32FO8P/c1-14-10-18-17-5-4-15-11-16(26)6-7-21(15,2)23(17,25)19(27)12-22(18,3)24(14,29)20(28)13-33-34(30)31-8-9-32-34/h6-7,11,14,17-19,27,29H,4-5,8-10,12-13H2,1-3H3/t14-,17+,18+,19+,21+,22+,23+,24+/m1/s1. The summed E-state index contributed by atoms with van der Waals surface area (Å²) in [6.07, 6.45) is 4.11. The van der Waals surface area contributed by atoms with Gasteiger partial charge in [-0.3, -0.25) is 23.2 Å². The molecule has 188 valence electrons.